The van der Waals surface area contributed by atoms with Gasteiger partial charge in [0, 0.05) is 29.5 Å². The van der Waals surface area contributed by atoms with Crippen molar-refractivity contribution in [1.82, 2.24) is 4.57 Å². The summed E-state index contributed by atoms with van der Waals surface area (Å²) in [5, 5.41) is 2.57. The largest absolute Gasteiger partial charge is 1.00 e. The van der Waals surface area contributed by atoms with Crippen molar-refractivity contribution in [3.8, 4) is 11.5 Å². The van der Waals surface area contributed by atoms with Crippen molar-refractivity contribution >= 4 is 21.8 Å². The molecule has 0 saturated carbocycles. The topological polar surface area (TPSA) is 27.3 Å². The fourth-order valence-electron chi connectivity index (χ4n) is 5.75. The molecule has 0 spiro atoms. The van der Waals surface area contributed by atoms with Gasteiger partial charge in [0.1, 0.15) is 24.6 Å². The Hall–Kier alpha value is -3.31. The van der Waals surface area contributed by atoms with Crippen molar-refractivity contribution < 1.29 is 31.0 Å². The third kappa shape index (κ3) is 3.77. The summed E-state index contributed by atoms with van der Waals surface area (Å²) in [4.78, 5) is 0. The van der Waals surface area contributed by atoms with Crippen LogP contribution in [0.2, 0.25) is 0 Å². The zero-order chi connectivity index (χ0) is 23.5. The first-order chi connectivity index (χ1) is 17.1. The van der Waals surface area contributed by atoms with E-state index in [4.69, 9.17) is 9.47 Å². The molecule has 0 saturated heterocycles. The number of ether oxygens (including phenoxy) is 2. The first kappa shape index (κ1) is 23.1. The standard InChI is InChI=1S/C31H29N2O2.BrH/c1-20-13-28-29(14-21(20)2)33(18-27-26-10-12-34-30(26)16-25-9-11-35-31(25)27)19-32(28)17-22-7-8-23-5-3-4-6-24(23)15-22;/h3-8,13-16,19H,9-12,17-18H2,1-2H3;1H/q+1;/p-1. The van der Waals surface area contributed by atoms with Crippen LogP contribution >= 0.6 is 0 Å². The molecule has 0 radical (unpaired) electrons. The molecule has 4 nitrogen and oxygen atoms in total. The number of aryl methyl sites for hydroxylation is 2. The predicted molar refractivity (Wildman–Crippen MR) is 139 cm³/mol. The van der Waals surface area contributed by atoms with Crippen molar-refractivity contribution in [3.05, 3.63) is 100 Å². The Labute approximate surface area is 221 Å². The van der Waals surface area contributed by atoms with Gasteiger partial charge in [0.25, 0.3) is 0 Å². The van der Waals surface area contributed by atoms with Gasteiger partial charge in [-0.1, -0.05) is 36.4 Å². The summed E-state index contributed by atoms with van der Waals surface area (Å²) in [6.45, 7) is 7.55. The van der Waals surface area contributed by atoms with Crippen LogP contribution in [0.4, 0.5) is 0 Å². The third-order valence-electron chi connectivity index (χ3n) is 7.74. The predicted octanol–water partition coefficient (Wildman–Crippen LogP) is 2.67. The van der Waals surface area contributed by atoms with E-state index in [1.54, 1.807) is 0 Å². The highest BCUT2D eigenvalue weighted by Crippen LogP contribution is 2.41. The molecule has 0 aliphatic carbocycles. The summed E-state index contributed by atoms with van der Waals surface area (Å²) < 4.78 is 16.9. The van der Waals surface area contributed by atoms with E-state index in [9.17, 15) is 0 Å². The lowest BCUT2D eigenvalue weighted by molar-refractivity contribution is -0.663. The summed E-state index contributed by atoms with van der Waals surface area (Å²) in [6, 6.07) is 22.2. The maximum absolute atomic E-state index is 6.15. The number of aromatic nitrogens is 2. The molecule has 0 atom stereocenters. The van der Waals surface area contributed by atoms with Crippen molar-refractivity contribution in [1.29, 1.82) is 0 Å². The van der Waals surface area contributed by atoms with Gasteiger partial charge in [-0.05, 0) is 65.6 Å². The van der Waals surface area contributed by atoms with E-state index in [1.807, 2.05) is 0 Å². The molecule has 5 heteroatoms. The van der Waals surface area contributed by atoms with Crippen LogP contribution in [-0.2, 0) is 25.9 Å². The van der Waals surface area contributed by atoms with Crippen LogP contribution < -0.4 is 31.0 Å². The summed E-state index contributed by atoms with van der Waals surface area (Å²) in [6.07, 6.45) is 4.21. The van der Waals surface area contributed by atoms with Crippen molar-refractivity contribution in [2.75, 3.05) is 13.2 Å². The number of benzene rings is 4. The van der Waals surface area contributed by atoms with E-state index < -0.39 is 0 Å². The van der Waals surface area contributed by atoms with Gasteiger partial charge in [0.2, 0.25) is 6.33 Å². The molecule has 5 aromatic rings. The molecule has 0 bridgehead atoms. The van der Waals surface area contributed by atoms with Crippen LogP contribution in [0.15, 0.2) is 67.0 Å². The normalized spacial score (nSPS) is 13.8. The Bertz CT molecular complexity index is 1600. The zero-order valence-electron chi connectivity index (χ0n) is 20.7. The molecule has 2 aliphatic heterocycles. The van der Waals surface area contributed by atoms with Crippen LogP contribution in [0.1, 0.15) is 33.4 Å². The second kappa shape index (κ2) is 8.97. The molecule has 0 amide bonds. The van der Waals surface area contributed by atoms with Crippen molar-refractivity contribution in [2.24, 2.45) is 0 Å². The Morgan fingerprint density at radius 3 is 2.56 bits per heavy atom. The van der Waals surface area contributed by atoms with E-state index in [-0.39, 0.29) is 17.0 Å². The van der Waals surface area contributed by atoms with Crippen molar-refractivity contribution in [2.45, 2.75) is 39.8 Å². The van der Waals surface area contributed by atoms with Gasteiger partial charge < -0.3 is 26.5 Å². The summed E-state index contributed by atoms with van der Waals surface area (Å²) >= 11 is 0. The highest BCUT2D eigenvalue weighted by molar-refractivity contribution is 5.83. The summed E-state index contributed by atoms with van der Waals surface area (Å²) in [5.41, 5.74) is 10.4. The quantitative estimate of drug-likeness (QED) is 0.328. The fraction of sp³-hybridized carbons (Fsp3) is 0.258. The number of hydrogen-bond acceptors (Lipinski definition) is 2. The molecule has 0 N–H and O–H groups in total. The maximum atomic E-state index is 6.15. The van der Waals surface area contributed by atoms with Crippen LogP contribution in [0.3, 0.4) is 0 Å². The molecule has 182 valence electrons. The van der Waals surface area contributed by atoms with Gasteiger partial charge >= 0.3 is 0 Å². The first-order valence-corrected chi connectivity index (χ1v) is 12.5. The minimum atomic E-state index is 0. The van der Waals surface area contributed by atoms with Crippen LogP contribution in [0.5, 0.6) is 11.5 Å². The molecule has 3 heterocycles. The van der Waals surface area contributed by atoms with Gasteiger partial charge in [-0.2, -0.15) is 0 Å². The zero-order valence-corrected chi connectivity index (χ0v) is 22.3. The first-order valence-electron chi connectivity index (χ1n) is 12.5. The Balaban J connectivity index is 0.00000240. The monoisotopic (exact) mass is 540 g/mol. The molecule has 4 aromatic carbocycles. The Kier molecular flexibility index (Phi) is 5.76. The SMILES string of the molecule is Cc1cc2c(cc1C)[n+](Cc1ccc3ccccc3c1)cn2Cc1c2c(cc3c1OCC3)OCC2.[Br-]. The second-order valence-electron chi connectivity index (χ2n) is 9.99. The van der Waals surface area contributed by atoms with Crippen LogP contribution in [-0.4, -0.2) is 17.8 Å². The van der Waals surface area contributed by atoms with Crippen LogP contribution in [0, 0.1) is 13.8 Å². The Morgan fingerprint density at radius 1 is 0.861 bits per heavy atom. The Morgan fingerprint density at radius 2 is 1.67 bits per heavy atom. The van der Waals surface area contributed by atoms with Gasteiger partial charge in [0.15, 0.2) is 11.0 Å². The molecule has 7 rings (SSSR count). The average Bonchev–Trinajstić information content (AvgIpc) is 3.59. The number of nitrogens with zero attached hydrogens (tertiary/aromatic N) is 2. The van der Waals surface area contributed by atoms with Crippen molar-refractivity contribution in [3.63, 3.8) is 0 Å². The van der Waals surface area contributed by atoms with E-state index in [0.29, 0.717) is 0 Å². The number of imidazole rings is 1. The molecule has 0 fully saturated rings. The molecular formula is C31H29BrN2O2. The lowest BCUT2D eigenvalue weighted by Gasteiger charge is -2.11. The molecule has 36 heavy (non-hydrogen) atoms. The third-order valence-corrected chi connectivity index (χ3v) is 7.74. The molecular weight excluding hydrogens is 512 g/mol. The number of hydrogen-bond donors (Lipinski definition) is 0. The number of rotatable bonds is 4. The maximum Gasteiger partial charge on any atom is 0.245 e. The summed E-state index contributed by atoms with van der Waals surface area (Å²) in [5.74, 6) is 2.14. The lowest BCUT2D eigenvalue weighted by Crippen LogP contribution is -3.00. The second-order valence-corrected chi connectivity index (χ2v) is 9.99. The van der Waals surface area contributed by atoms with Gasteiger partial charge in [0.05, 0.1) is 13.2 Å². The minimum Gasteiger partial charge on any atom is -1.00 e. The average molecular weight is 541 g/mol. The van der Waals surface area contributed by atoms with Gasteiger partial charge in [-0.25, -0.2) is 9.13 Å². The van der Waals surface area contributed by atoms with E-state index in [2.05, 4.69) is 90.0 Å². The van der Waals surface area contributed by atoms with Gasteiger partial charge in [-0.15, -0.1) is 0 Å². The number of halogens is 1. The lowest BCUT2D eigenvalue weighted by atomic mass is 9.99. The van der Waals surface area contributed by atoms with Crippen LogP contribution in [0.25, 0.3) is 21.8 Å². The number of fused-ring (bicyclic) bond motifs is 4. The summed E-state index contributed by atoms with van der Waals surface area (Å²) in [7, 11) is 0. The van der Waals surface area contributed by atoms with Gasteiger partial charge in [-0.3, -0.25) is 0 Å². The fourth-order valence-corrected chi connectivity index (χ4v) is 5.75. The highest BCUT2D eigenvalue weighted by Gasteiger charge is 2.29. The van der Waals surface area contributed by atoms with E-state index in [1.165, 1.54) is 55.2 Å². The smallest absolute Gasteiger partial charge is 0.245 e. The highest BCUT2D eigenvalue weighted by atomic mass is 79.9. The van der Waals surface area contributed by atoms with E-state index >= 15 is 0 Å². The minimum absolute atomic E-state index is 0. The molecule has 0 unspecified atom stereocenters. The molecule has 2 aliphatic rings. The molecule has 1 aromatic heterocycles. The van der Waals surface area contributed by atoms with E-state index in [0.717, 1.165) is 50.6 Å².